The van der Waals surface area contributed by atoms with E-state index >= 15 is 0 Å². The summed E-state index contributed by atoms with van der Waals surface area (Å²) in [5.41, 5.74) is 3.54. The number of aliphatic hydroxyl groups excluding tert-OH is 2. The molecule has 1 aliphatic heterocycles. The molecule has 116 valence electrons. The summed E-state index contributed by atoms with van der Waals surface area (Å²) in [5, 5.41) is 19.2. The SMILES string of the molecule is C#C[C@]1(CO)O[C@@H](n2cnc3c(N)nc(F)nc32)[C@H](F)[C@@H]1O. The van der Waals surface area contributed by atoms with Gasteiger partial charge in [0.2, 0.25) is 0 Å². The van der Waals surface area contributed by atoms with Gasteiger partial charge in [-0.05, 0) is 0 Å². The second-order valence-electron chi connectivity index (χ2n) is 4.79. The zero-order chi connectivity index (χ0) is 16.1. The molecular weight excluding hydrogens is 300 g/mol. The molecule has 22 heavy (non-hydrogen) atoms. The first-order valence-electron chi connectivity index (χ1n) is 6.17. The number of terminal acetylenes is 1. The summed E-state index contributed by atoms with van der Waals surface area (Å²) in [5.74, 6) is 1.82. The van der Waals surface area contributed by atoms with Gasteiger partial charge in [0.25, 0.3) is 0 Å². The first-order chi connectivity index (χ1) is 10.4. The van der Waals surface area contributed by atoms with Gasteiger partial charge in [-0.1, -0.05) is 5.92 Å². The van der Waals surface area contributed by atoms with Gasteiger partial charge in [-0.3, -0.25) is 4.57 Å². The maximum atomic E-state index is 14.3. The maximum Gasteiger partial charge on any atom is 0.312 e. The number of nitrogen functional groups attached to an aromatic ring is 1. The summed E-state index contributed by atoms with van der Waals surface area (Å²) in [6, 6.07) is 0. The summed E-state index contributed by atoms with van der Waals surface area (Å²) >= 11 is 0. The Balaban J connectivity index is 2.11. The number of nitrogens with two attached hydrogens (primary N) is 1. The van der Waals surface area contributed by atoms with Crippen molar-refractivity contribution in [3.63, 3.8) is 0 Å². The van der Waals surface area contributed by atoms with E-state index in [0.29, 0.717) is 0 Å². The van der Waals surface area contributed by atoms with Gasteiger partial charge in [-0.15, -0.1) is 6.42 Å². The number of hydrogen-bond donors (Lipinski definition) is 3. The average Bonchev–Trinajstić information content (AvgIpc) is 3.01. The number of anilines is 1. The number of aliphatic hydroxyl groups is 2. The number of hydrogen-bond acceptors (Lipinski definition) is 7. The Morgan fingerprint density at radius 2 is 2.27 bits per heavy atom. The topological polar surface area (TPSA) is 119 Å². The molecule has 0 aromatic carbocycles. The number of fused-ring (bicyclic) bond motifs is 1. The van der Waals surface area contributed by atoms with Gasteiger partial charge in [-0.25, -0.2) is 9.37 Å². The van der Waals surface area contributed by atoms with Crippen molar-refractivity contribution in [2.45, 2.75) is 24.1 Å². The average molecular weight is 311 g/mol. The van der Waals surface area contributed by atoms with Crippen LogP contribution >= 0.6 is 0 Å². The van der Waals surface area contributed by atoms with Gasteiger partial charge >= 0.3 is 6.08 Å². The molecule has 1 fully saturated rings. The molecule has 3 rings (SSSR count). The highest BCUT2D eigenvalue weighted by Gasteiger charge is 2.55. The van der Waals surface area contributed by atoms with E-state index in [2.05, 4.69) is 15.0 Å². The lowest BCUT2D eigenvalue weighted by atomic mass is 9.98. The molecule has 8 nitrogen and oxygen atoms in total. The van der Waals surface area contributed by atoms with E-state index in [1.807, 2.05) is 5.92 Å². The molecule has 10 heteroatoms. The number of halogens is 2. The molecule has 0 spiro atoms. The standard InChI is InChI=1S/C12H11F2N5O3/c1-2-12(3-20)7(21)5(13)10(22-12)19-4-16-6-8(15)17-11(14)18-9(6)19/h1,4-5,7,10,20-21H,3H2,(H2,15,17,18)/t5-,7+,10-,12-/m1/s1. The number of ether oxygens (including phenoxy) is 1. The zero-order valence-corrected chi connectivity index (χ0v) is 11.0. The Hall–Kier alpha value is -2.35. The molecular formula is C12H11F2N5O3. The second-order valence-corrected chi connectivity index (χ2v) is 4.79. The molecule has 0 amide bonds. The van der Waals surface area contributed by atoms with Gasteiger partial charge in [0.05, 0.1) is 12.9 Å². The van der Waals surface area contributed by atoms with Crippen LogP contribution in [0.15, 0.2) is 6.33 Å². The number of aromatic nitrogens is 4. The molecule has 4 N–H and O–H groups in total. The van der Waals surface area contributed by atoms with E-state index in [-0.39, 0.29) is 17.0 Å². The summed E-state index contributed by atoms with van der Waals surface area (Å²) in [4.78, 5) is 10.7. The van der Waals surface area contributed by atoms with Crippen LogP contribution in [0.4, 0.5) is 14.6 Å². The minimum absolute atomic E-state index is 0.0499. The van der Waals surface area contributed by atoms with Crippen molar-refractivity contribution in [1.29, 1.82) is 0 Å². The first kappa shape index (κ1) is 14.6. The molecule has 2 aromatic heterocycles. The van der Waals surface area contributed by atoms with E-state index in [9.17, 15) is 19.0 Å². The van der Waals surface area contributed by atoms with Crippen molar-refractivity contribution in [3.05, 3.63) is 12.4 Å². The quantitative estimate of drug-likeness (QED) is 0.487. The van der Waals surface area contributed by atoms with Crippen molar-refractivity contribution in [3.8, 4) is 12.3 Å². The molecule has 1 saturated heterocycles. The molecule has 0 saturated carbocycles. The van der Waals surface area contributed by atoms with Crippen LogP contribution in [0.5, 0.6) is 0 Å². The third-order valence-electron chi connectivity index (χ3n) is 3.56. The first-order valence-corrected chi connectivity index (χ1v) is 6.17. The molecule has 0 aliphatic carbocycles. The summed E-state index contributed by atoms with van der Waals surface area (Å²) in [6.45, 7) is -0.792. The summed E-state index contributed by atoms with van der Waals surface area (Å²) < 4.78 is 34.0. The molecule has 4 atom stereocenters. The molecule has 0 radical (unpaired) electrons. The number of nitrogens with zero attached hydrogens (tertiary/aromatic N) is 4. The molecule has 3 heterocycles. The lowest BCUT2D eigenvalue weighted by molar-refractivity contribution is -0.0900. The zero-order valence-electron chi connectivity index (χ0n) is 11.0. The second kappa shape index (κ2) is 4.84. The lowest BCUT2D eigenvalue weighted by Gasteiger charge is -2.23. The molecule has 0 unspecified atom stereocenters. The van der Waals surface area contributed by atoms with Gasteiger partial charge in [-0.2, -0.15) is 14.4 Å². The Morgan fingerprint density at radius 1 is 1.55 bits per heavy atom. The molecule has 1 aliphatic rings. The normalized spacial score (nSPS) is 31.5. The number of alkyl halides is 1. The Morgan fingerprint density at radius 3 is 2.86 bits per heavy atom. The lowest BCUT2D eigenvalue weighted by Crippen LogP contribution is -2.44. The van der Waals surface area contributed by atoms with Crippen molar-refractivity contribution in [1.82, 2.24) is 19.5 Å². The maximum absolute atomic E-state index is 14.3. The largest absolute Gasteiger partial charge is 0.392 e. The summed E-state index contributed by atoms with van der Waals surface area (Å²) in [6.07, 6.45) is 0.00803. The van der Waals surface area contributed by atoms with Crippen LogP contribution in [0.2, 0.25) is 0 Å². The van der Waals surface area contributed by atoms with Gasteiger partial charge in [0.15, 0.2) is 35.0 Å². The minimum atomic E-state index is -1.99. The highest BCUT2D eigenvalue weighted by atomic mass is 19.1. The third-order valence-corrected chi connectivity index (χ3v) is 3.56. The van der Waals surface area contributed by atoms with Gasteiger partial charge in [0, 0.05) is 0 Å². The minimum Gasteiger partial charge on any atom is -0.392 e. The highest BCUT2D eigenvalue weighted by Crippen LogP contribution is 2.39. The fourth-order valence-electron chi connectivity index (χ4n) is 2.37. The predicted octanol–water partition coefficient (Wildman–Crippen LogP) is -0.860. The van der Waals surface area contributed by atoms with Crippen LogP contribution in [0.25, 0.3) is 11.2 Å². The fourth-order valence-corrected chi connectivity index (χ4v) is 2.37. The monoisotopic (exact) mass is 311 g/mol. The van der Waals surface area contributed by atoms with Crippen LogP contribution in [-0.2, 0) is 4.74 Å². The Labute approximate surface area is 122 Å². The van der Waals surface area contributed by atoms with Crippen LogP contribution in [0.3, 0.4) is 0 Å². The van der Waals surface area contributed by atoms with Crippen molar-refractivity contribution in [2.24, 2.45) is 0 Å². The van der Waals surface area contributed by atoms with E-state index < -0.39 is 36.8 Å². The van der Waals surface area contributed by atoms with E-state index in [1.54, 1.807) is 0 Å². The number of imidazole rings is 1. The highest BCUT2D eigenvalue weighted by molar-refractivity contribution is 5.81. The Kier molecular flexibility index (Phi) is 3.21. The Bertz CT molecular complexity index is 776. The van der Waals surface area contributed by atoms with Crippen molar-refractivity contribution < 1.29 is 23.7 Å². The third kappa shape index (κ3) is 1.83. The van der Waals surface area contributed by atoms with Crippen LogP contribution in [0, 0.1) is 18.4 Å². The molecule has 2 aromatic rings. The van der Waals surface area contributed by atoms with E-state index in [1.165, 1.54) is 0 Å². The van der Waals surface area contributed by atoms with E-state index in [4.69, 9.17) is 16.9 Å². The van der Waals surface area contributed by atoms with Crippen molar-refractivity contribution >= 4 is 17.0 Å². The predicted molar refractivity (Wildman–Crippen MR) is 69.4 cm³/mol. The smallest absolute Gasteiger partial charge is 0.312 e. The van der Waals surface area contributed by atoms with Crippen LogP contribution in [0.1, 0.15) is 6.23 Å². The van der Waals surface area contributed by atoms with Crippen LogP contribution < -0.4 is 5.73 Å². The number of rotatable bonds is 2. The van der Waals surface area contributed by atoms with E-state index in [0.717, 1.165) is 10.9 Å². The van der Waals surface area contributed by atoms with Crippen LogP contribution in [-0.4, -0.2) is 54.2 Å². The van der Waals surface area contributed by atoms with Crippen molar-refractivity contribution in [2.75, 3.05) is 12.3 Å². The van der Waals surface area contributed by atoms with Gasteiger partial charge in [0.1, 0.15) is 6.10 Å². The summed E-state index contributed by atoms with van der Waals surface area (Å²) in [7, 11) is 0. The fraction of sp³-hybridized carbons (Fsp3) is 0.417. The molecule has 0 bridgehead atoms. The van der Waals surface area contributed by atoms with Gasteiger partial charge < -0.3 is 20.7 Å².